The number of aromatic nitrogens is 4. The third kappa shape index (κ3) is 4.47. The standard InChI is InChI=1S/C19H27F3N6O/c1-5-27-14(3)16(11-23-27)12-25-6-8-26(9-7-25)18(29)15(4)28-13(2)10-17(24-28)19(20,21)22/h10-11,15H,5-9,12H2,1-4H3/t15-/m1/s1. The first-order valence-electron chi connectivity index (χ1n) is 9.77. The molecule has 1 aliphatic rings. The molecule has 1 fully saturated rings. The molecule has 3 heterocycles. The number of piperazine rings is 1. The van der Waals surface area contributed by atoms with Crippen LogP contribution in [0.15, 0.2) is 12.3 Å². The molecule has 0 spiro atoms. The van der Waals surface area contributed by atoms with Crippen LogP contribution in [0.3, 0.4) is 0 Å². The second-order valence-electron chi connectivity index (χ2n) is 7.46. The maximum Gasteiger partial charge on any atom is 0.435 e. The monoisotopic (exact) mass is 412 g/mol. The summed E-state index contributed by atoms with van der Waals surface area (Å²) < 4.78 is 41.8. The number of halogens is 3. The Bertz CT molecular complexity index is 864. The Morgan fingerprint density at radius 2 is 1.86 bits per heavy atom. The summed E-state index contributed by atoms with van der Waals surface area (Å²) in [6, 6.07) is 0.197. The Hall–Kier alpha value is -2.36. The Labute approximate surface area is 168 Å². The molecule has 1 saturated heterocycles. The number of hydrogen-bond acceptors (Lipinski definition) is 4. The van der Waals surface area contributed by atoms with Crippen LogP contribution in [0.5, 0.6) is 0 Å². The van der Waals surface area contributed by atoms with Crippen molar-refractivity contribution in [3.05, 3.63) is 34.9 Å². The number of carbonyl (C=O) groups is 1. The molecule has 1 amide bonds. The van der Waals surface area contributed by atoms with Crippen molar-refractivity contribution in [3.8, 4) is 0 Å². The van der Waals surface area contributed by atoms with Crippen LogP contribution in [0.2, 0.25) is 0 Å². The molecule has 3 rings (SSSR count). The normalized spacial score (nSPS) is 17.0. The van der Waals surface area contributed by atoms with Gasteiger partial charge >= 0.3 is 6.18 Å². The summed E-state index contributed by atoms with van der Waals surface area (Å²) >= 11 is 0. The zero-order valence-corrected chi connectivity index (χ0v) is 17.2. The van der Waals surface area contributed by atoms with Crippen LogP contribution in [-0.2, 0) is 24.1 Å². The van der Waals surface area contributed by atoms with Crippen LogP contribution in [-0.4, -0.2) is 61.4 Å². The number of rotatable bonds is 5. The molecule has 0 unspecified atom stereocenters. The van der Waals surface area contributed by atoms with Gasteiger partial charge in [-0.3, -0.25) is 19.1 Å². The summed E-state index contributed by atoms with van der Waals surface area (Å²) in [4.78, 5) is 16.8. The smallest absolute Gasteiger partial charge is 0.338 e. The number of alkyl halides is 3. The predicted octanol–water partition coefficient (Wildman–Crippen LogP) is 2.64. The Kier molecular flexibility index (Phi) is 6.02. The summed E-state index contributed by atoms with van der Waals surface area (Å²) in [5.41, 5.74) is 1.67. The number of amides is 1. The molecule has 0 bridgehead atoms. The summed E-state index contributed by atoms with van der Waals surface area (Å²) in [6.07, 6.45) is -2.63. The summed E-state index contributed by atoms with van der Waals surface area (Å²) in [6.45, 7) is 11.3. The zero-order valence-electron chi connectivity index (χ0n) is 17.2. The van der Waals surface area contributed by atoms with Gasteiger partial charge in [-0.05, 0) is 33.8 Å². The fourth-order valence-electron chi connectivity index (χ4n) is 3.71. The van der Waals surface area contributed by atoms with E-state index < -0.39 is 17.9 Å². The molecular formula is C19H27F3N6O. The average Bonchev–Trinajstić information content (AvgIpc) is 3.24. The van der Waals surface area contributed by atoms with E-state index >= 15 is 0 Å². The van der Waals surface area contributed by atoms with Crippen molar-refractivity contribution < 1.29 is 18.0 Å². The number of hydrogen-bond donors (Lipinski definition) is 0. The fourth-order valence-corrected chi connectivity index (χ4v) is 3.71. The van der Waals surface area contributed by atoms with E-state index in [-0.39, 0.29) is 5.91 Å². The number of carbonyl (C=O) groups excluding carboxylic acids is 1. The third-order valence-electron chi connectivity index (χ3n) is 5.52. The molecular weight excluding hydrogens is 385 g/mol. The van der Waals surface area contributed by atoms with Crippen LogP contribution in [0.1, 0.15) is 42.5 Å². The van der Waals surface area contributed by atoms with Crippen LogP contribution < -0.4 is 0 Å². The van der Waals surface area contributed by atoms with E-state index in [0.717, 1.165) is 24.8 Å². The summed E-state index contributed by atoms with van der Waals surface area (Å²) in [7, 11) is 0. The lowest BCUT2D eigenvalue weighted by atomic mass is 10.2. The van der Waals surface area contributed by atoms with Gasteiger partial charge in [-0.15, -0.1) is 0 Å². The maximum atomic E-state index is 12.9. The highest BCUT2D eigenvalue weighted by molar-refractivity contribution is 5.80. The van der Waals surface area contributed by atoms with E-state index in [0.29, 0.717) is 31.9 Å². The van der Waals surface area contributed by atoms with Gasteiger partial charge in [-0.1, -0.05) is 0 Å². The lowest BCUT2D eigenvalue weighted by Crippen LogP contribution is -2.50. The van der Waals surface area contributed by atoms with Crippen molar-refractivity contribution in [2.75, 3.05) is 26.2 Å². The van der Waals surface area contributed by atoms with E-state index in [9.17, 15) is 18.0 Å². The van der Waals surface area contributed by atoms with Gasteiger partial charge in [0.15, 0.2) is 5.69 Å². The molecule has 2 aromatic heterocycles. The van der Waals surface area contributed by atoms with Crippen molar-refractivity contribution >= 4 is 5.91 Å². The Morgan fingerprint density at radius 3 is 2.38 bits per heavy atom. The van der Waals surface area contributed by atoms with Gasteiger partial charge in [0.1, 0.15) is 6.04 Å². The van der Waals surface area contributed by atoms with Crippen molar-refractivity contribution in [2.24, 2.45) is 0 Å². The first-order valence-corrected chi connectivity index (χ1v) is 9.77. The molecule has 10 heteroatoms. The predicted molar refractivity (Wildman–Crippen MR) is 101 cm³/mol. The summed E-state index contributed by atoms with van der Waals surface area (Å²) in [5, 5.41) is 7.98. The second-order valence-corrected chi connectivity index (χ2v) is 7.46. The number of aryl methyl sites for hydroxylation is 2. The molecule has 29 heavy (non-hydrogen) atoms. The second kappa shape index (κ2) is 8.17. The van der Waals surface area contributed by atoms with Gasteiger partial charge in [-0.2, -0.15) is 23.4 Å². The fraction of sp³-hybridized carbons (Fsp3) is 0.632. The maximum absolute atomic E-state index is 12.9. The molecule has 2 aromatic rings. The van der Waals surface area contributed by atoms with E-state index in [1.165, 1.54) is 17.2 Å². The molecule has 1 aliphatic heterocycles. The molecule has 7 nitrogen and oxygen atoms in total. The van der Waals surface area contributed by atoms with Crippen LogP contribution in [0.4, 0.5) is 13.2 Å². The van der Waals surface area contributed by atoms with Crippen molar-refractivity contribution in [2.45, 2.75) is 53.0 Å². The van der Waals surface area contributed by atoms with Crippen LogP contribution in [0.25, 0.3) is 0 Å². The number of nitrogens with zero attached hydrogens (tertiary/aromatic N) is 6. The zero-order chi connectivity index (χ0) is 21.3. The highest BCUT2D eigenvalue weighted by atomic mass is 19.4. The van der Waals surface area contributed by atoms with Gasteiger partial charge < -0.3 is 4.90 Å². The van der Waals surface area contributed by atoms with Gasteiger partial charge in [0.25, 0.3) is 0 Å². The minimum absolute atomic E-state index is 0.209. The van der Waals surface area contributed by atoms with Gasteiger partial charge in [0.05, 0.1) is 6.20 Å². The van der Waals surface area contributed by atoms with Gasteiger partial charge in [-0.25, -0.2) is 0 Å². The molecule has 0 radical (unpaired) electrons. The molecule has 0 N–H and O–H groups in total. The highest BCUT2D eigenvalue weighted by Gasteiger charge is 2.36. The van der Waals surface area contributed by atoms with E-state index in [2.05, 4.69) is 22.0 Å². The minimum Gasteiger partial charge on any atom is -0.338 e. The molecule has 0 aliphatic carbocycles. The molecule has 160 valence electrons. The van der Waals surface area contributed by atoms with Crippen LogP contribution >= 0.6 is 0 Å². The van der Waals surface area contributed by atoms with Crippen molar-refractivity contribution in [3.63, 3.8) is 0 Å². The summed E-state index contributed by atoms with van der Waals surface area (Å²) in [5.74, 6) is -0.209. The van der Waals surface area contributed by atoms with E-state index in [1.54, 1.807) is 11.8 Å². The highest BCUT2D eigenvalue weighted by Crippen LogP contribution is 2.29. The molecule has 0 saturated carbocycles. The topological polar surface area (TPSA) is 59.2 Å². The first kappa shape index (κ1) is 21.4. The SMILES string of the molecule is CCn1ncc(CN2CCN(C(=O)[C@@H](C)n3nc(C(F)(F)F)cc3C)CC2)c1C. The Morgan fingerprint density at radius 1 is 1.21 bits per heavy atom. The quantitative estimate of drug-likeness (QED) is 0.758. The lowest BCUT2D eigenvalue weighted by molar-refractivity contribution is -0.143. The first-order chi connectivity index (χ1) is 13.6. The van der Waals surface area contributed by atoms with E-state index in [1.807, 2.05) is 17.8 Å². The van der Waals surface area contributed by atoms with Gasteiger partial charge in [0.2, 0.25) is 5.91 Å². The van der Waals surface area contributed by atoms with E-state index in [4.69, 9.17) is 0 Å². The van der Waals surface area contributed by atoms with Crippen molar-refractivity contribution in [1.82, 2.24) is 29.4 Å². The minimum atomic E-state index is -4.52. The molecule has 1 atom stereocenters. The lowest BCUT2D eigenvalue weighted by Gasteiger charge is -2.36. The molecule has 0 aromatic carbocycles. The largest absolute Gasteiger partial charge is 0.435 e. The van der Waals surface area contributed by atoms with Crippen molar-refractivity contribution in [1.29, 1.82) is 0 Å². The average molecular weight is 412 g/mol. The Balaban J connectivity index is 1.59. The third-order valence-corrected chi connectivity index (χ3v) is 5.52. The van der Waals surface area contributed by atoms with Gasteiger partial charge in [0, 0.05) is 56.2 Å². The van der Waals surface area contributed by atoms with Crippen LogP contribution in [0, 0.1) is 13.8 Å².